The molecule has 0 bridgehead atoms. The third-order valence-corrected chi connectivity index (χ3v) is 10.3. The Labute approximate surface area is 261 Å². The molecule has 8 heteroatoms. The zero-order valence-corrected chi connectivity index (χ0v) is 25.2. The molecule has 228 valence electrons. The number of phenols is 1. The van der Waals surface area contributed by atoms with Crippen LogP contribution in [0.3, 0.4) is 0 Å². The van der Waals surface area contributed by atoms with Crippen molar-refractivity contribution in [2.45, 2.75) is 32.6 Å². The second-order valence-corrected chi connectivity index (χ2v) is 12.4. The van der Waals surface area contributed by atoms with E-state index in [1.807, 2.05) is 31.2 Å². The molecular weight excluding hydrogens is 568 g/mol. The van der Waals surface area contributed by atoms with Gasteiger partial charge in [0, 0.05) is 11.5 Å². The van der Waals surface area contributed by atoms with Gasteiger partial charge in [0.2, 0.25) is 23.6 Å². The molecule has 3 fully saturated rings. The van der Waals surface area contributed by atoms with Crippen molar-refractivity contribution in [3.8, 4) is 11.5 Å². The molecule has 2 aliphatic heterocycles. The summed E-state index contributed by atoms with van der Waals surface area (Å²) in [6, 6.07) is 21.1. The lowest BCUT2D eigenvalue weighted by molar-refractivity contribution is -0.131. The minimum Gasteiger partial charge on any atom is -0.504 e. The summed E-state index contributed by atoms with van der Waals surface area (Å²) >= 11 is 0. The van der Waals surface area contributed by atoms with E-state index in [-0.39, 0.29) is 41.5 Å². The molecule has 1 saturated carbocycles. The molecule has 7 rings (SSSR count). The summed E-state index contributed by atoms with van der Waals surface area (Å²) in [5.74, 6) is -4.35. The van der Waals surface area contributed by atoms with E-state index in [9.17, 15) is 24.3 Å². The zero-order valence-electron chi connectivity index (χ0n) is 25.2. The van der Waals surface area contributed by atoms with Crippen LogP contribution < -0.4 is 14.5 Å². The van der Waals surface area contributed by atoms with Crippen LogP contribution in [0.5, 0.6) is 11.5 Å². The number of hydrogen-bond donors (Lipinski definition) is 1. The summed E-state index contributed by atoms with van der Waals surface area (Å²) in [6.07, 6.45) is 4.22. The molecule has 45 heavy (non-hydrogen) atoms. The molecule has 1 N–H and O–H groups in total. The van der Waals surface area contributed by atoms with Gasteiger partial charge in [0.15, 0.2) is 11.5 Å². The highest BCUT2D eigenvalue weighted by atomic mass is 16.5. The molecule has 2 aliphatic carbocycles. The summed E-state index contributed by atoms with van der Waals surface area (Å²) in [6.45, 7) is 7.73. The van der Waals surface area contributed by atoms with E-state index in [4.69, 9.17) is 4.74 Å². The highest BCUT2D eigenvalue weighted by molar-refractivity contribution is 6.25. The lowest BCUT2D eigenvalue weighted by atomic mass is 9.51. The lowest BCUT2D eigenvalue weighted by Crippen LogP contribution is -2.48. The molecule has 0 radical (unpaired) electrons. The summed E-state index contributed by atoms with van der Waals surface area (Å²) in [7, 11) is 0. The standard InChI is InChI=1S/C37H34N2O6/c1-4-21-14-16-23(17-15-21)38-33(41)25-19-18-24-27(30(25)35(38)43)20-28-34(42)39(22-10-7-6-8-11-22)36(44)37(28,3)31(24)26-12-9-13-29(32(26)40)45-5-2/h4,6-18,25,27-28,30-31,40H,1,5,19-20H2,2-3H3/t25-,27+,28-,30-,31+,37+/m0/s1. The lowest BCUT2D eigenvalue weighted by Gasteiger charge is -2.49. The molecule has 4 aliphatic rings. The number of carbonyl (C=O) groups excluding carboxylic acids is 4. The van der Waals surface area contributed by atoms with Crippen molar-refractivity contribution in [1.29, 1.82) is 0 Å². The first-order chi connectivity index (χ1) is 21.7. The minimum absolute atomic E-state index is 0.0934. The van der Waals surface area contributed by atoms with Crippen molar-refractivity contribution >= 4 is 41.1 Å². The van der Waals surface area contributed by atoms with Crippen LogP contribution in [-0.4, -0.2) is 35.3 Å². The quantitative estimate of drug-likeness (QED) is 0.280. The van der Waals surface area contributed by atoms with Crippen LogP contribution in [0.4, 0.5) is 11.4 Å². The van der Waals surface area contributed by atoms with Crippen LogP contribution in [0.15, 0.2) is 91.0 Å². The monoisotopic (exact) mass is 602 g/mol. The van der Waals surface area contributed by atoms with Gasteiger partial charge in [0.1, 0.15) is 0 Å². The number of amides is 4. The Kier molecular flexibility index (Phi) is 6.76. The summed E-state index contributed by atoms with van der Waals surface area (Å²) in [5.41, 5.74) is 1.86. The number of phenolic OH excluding ortho intramolecular Hbond substituents is 1. The van der Waals surface area contributed by atoms with Gasteiger partial charge in [-0.05, 0) is 68.5 Å². The number of rotatable bonds is 6. The maximum atomic E-state index is 14.5. The molecule has 0 aromatic heterocycles. The van der Waals surface area contributed by atoms with Gasteiger partial charge in [0.25, 0.3) is 0 Å². The van der Waals surface area contributed by atoms with Gasteiger partial charge in [-0.15, -0.1) is 0 Å². The molecule has 0 unspecified atom stereocenters. The SMILES string of the molecule is C=Cc1ccc(N2C(=O)[C@H]3[C@H](CC=C4[C@H]3C[C@H]3C(=O)N(c5ccccc5)C(=O)[C@@]3(C)[C@H]4c3cccc(OCC)c3O)C2=O)cc1. The van der Waals surface area contributed by atoms with Gasteiger partial charge in [-0.2, -0.15) is 0 Å². The predicted molar refractivity (Wildman–Crippen MR) is 169 cm³/mol. The van der Waals surface area contributed by atoms with Crippen molar-refractivity contribution in [2.75, 3.05) is 16.4 Å². The van der Waals surface area contributed by atoms with Gasteiger partial charge in [0.05, 0.1) is 41.2 Å². The number of ether oxygens (including phenoxy) is 1. The number of nitrogens with zero attached hydrogens (tertiary/aromatic N) is 2. The number of aromatic hydroxyl groups is 1. The summed E-state index contributed by atoms with van der Waals surface area (Å²) in [4.78, 5) is 59.4. The Hall–Kier alpha value is -4.98. The maximum absolute atomic E-state index is 14.5. The molecule has 3 aromatic rings. The molecule has 4 amide bonds. The topological polar surface area (TPSA) is 104 Å². The molecule has 2 saturated heterocycles. The predicted octanol–water partition coefficient (Wildman–Crippen LogP) is 5.87. The van der Waals surface area contributed by atoms with Crippen LogP contribution in [0.1, 0.15) is 43.7 Å². The first-order valence-electron chi connectivity index (χ1n) is 15.4. The van der Waals surface area contributed by atoms with Crippen molar-refractivity contribution in [2.24, 2.45) is 29.1 Å². The average molecular weight is 603 g/mol. The zero-order chi connectivity index (χ0) is 31.6. The third kappa shape index (κ3) is 4.04. The van der Waals surface area contributed by atoms with Gasteiger partial charge in [-0.1, -0.05) is 66.8 Å². The minimum atomic E-state index is -1.25. The average Bonchev–Trinajstić information content (AvgIpc) is 3.42. The van der Waals surface area contributed by atoms with E-state index in [1.165, 1.54) is 9.80 Å². The number of carbonyl (C=O) groups is 4. The fraction of sp³-hybridized carbons (Fsp3) is 0.297. The molecule has 3 aromatic carbocycles. The molecule has 8 nitrogen and oxygen atoms in total. The van der Waals surface area contributed by atoms with E-state index in [1.54, 1.807) is 67.6 Å². The largest absolute Gasteiger partial charge is 0.504 e. The third-order valence-electron chi connectivity index (χ3n) is 10.3. The van der Waals surface area contributed by atoms with E-state index in [0.717, 1.165) is 11.1 Å². The van der Waals surface area contributed by atoms with Gasteiger partial charge < -0.3 is 9.84 Å². The highest BCUT2D eigenvalue weighted by Gasteiger charge is 2.68. The van der Waals surface area contributed by atoms with Crippen molar-refractivity contribution in [1.82, 2.24) is 0 Å². The van der Waals surface area contributed by atoms with Gasteiger partial charge in [-0.25, -0.2) is 4.90 Å². The van der Waals surface area contributed by atoms with Crippen LogP contribution in [0, 0.1) is 29.1 Å². The number of anilines is 2. The molecule has 2 heterocycles. The Bertz CT molecular complexity index is 1780. The van der Waals surface area contributed by atoms with E-state index < -0.39 is 35.0 Å². The Morgan fingerprint density at radius 3 is 2.29 bits per heavy atom. The summed E-state index contributed by atoms with van der Waals surface area (Å²) in [5, 5.41) is 11.5. The highest BCUT2D eigenvalue weighted by Crippen LogP contribution is 2.64. The van der Waals surface area contributed by atoms with Gasteiger partial charge >= 0.3 is 0 Å². The molecule has 6 atom stereocenters. The number of allylic oxidation sites excluding steroid dienone is 2. The van der Waals surface area contributed by atoms with Crippen LogP contribution in [0.25, 0.3) is 6.08 Å². The normalized spacial score (nSPS) is 28.8. The van der Waals surface area contributed by atoms with E-state index in [0.29, 0.717) is 30.0 Å². The van der Waals surface area contributed by atoms with E-state index in [2.05, 4.69) is 6.58 Å². The smallest absolute Gasteiger partial charge is 0.241 e. The van der Waals surface area contributed by atoms with E-state index >= 15 is 0 Å². The first kappa shape index (κ1) is 28.8. The maximum Gasteiger partial charge on any atom is 0.241 e. The second-order valence-electron chi connectivity index (χ2n) is 12.4. The second kappa shape index (κ2) is 10.6. The molecule has 0 spiro atoms. The van der Waals surface area contributed by atoms with Crippen molar-refractivity contribution in [3.05, 3.63) is 102 Å². The Balaban J connectivity index is 1.37. The van der Waals surface area contributed by atoms with Crippen molar-refractivity contribution in [3.63, 3.8) is 0 Å². The number of imide groups is 2. The van der Waals surface area contributed by atoms with Gasteiger partial charge in [-0.3, -0.25) is 24.1 Å². The van der Waals surface area contributed by atoms with Crippen LogP contribution in [0.2, 0.25) is 0 Å². The summed E-state index contributed by atoms with van der Waals surface area (Å²) < 4.78 is 5.72. The number of fused-ring (bicyclic) bond motifs is 4. The molecular formula is C37H34N2O6. The van der Waals surface area contributed by atoms with Crippen LogP contribution >= 0.6 is 0 Å². The Morgan fingerprint density at radius 2 is 1.60 bits per heavy atom. The number of hydrogen-bond acceptors (Lipinski definition) is 6. The fourth-order valence-corrected chi connectivity index (χ4v) is 8.24. The van der Waals surface area contributed by atoms with Crippen LogP contribution in [-0.2, 0) is 19.2 Å². The first-order valence-corrected chi connectivity index (χ1v) is 15.4. The van der Waals surface area contributed by atoms with Crippen molar-refractivity contribution < 1.29 is 29.0 Å². The number of benzene rings is 3. The fourth-order valence-electron chi connectivity index (χ4n) is 8.24. The number of para-hydroxylation sites is 2. The Morgan fingerprint density at radius 1 is 0.889 bits per heavy atom.